The minimum Gasteiger partial charge on any atom is -0.466 e. The summed E-state index contributed by atoms with van der Waals surface area (Å²) in [5, 5.41) is 4.34. The van der Waals surface area contributed by atoms with Gasteiger partial charge in [0.15, 0.2) is 0 Å². The van der Waals surface area contributed by atoms with Gasteiger partial charge in [-0.3, -0.25) is 14.3 Å². The number of ether oxygens (including phenoxy) is 1. The van der Waals surface area contributed by atoms with Gasteiger partial charge in [-0.05, 0) is 39.9 Å². The van der Waals surface area contributed by atoms with Crippen molar-refractivity contribution in [2.75, 3.05) is 60.0 Å². The second-order valence-corrected chi connectivity index (χ2v) is 8.71. The molecule has 1 amide bonds. The van der Waals surface area contributed by atoms with Crippen LogP contribution < -0.4 is 0 Å². The lowest BCUT2D eigenvalue weighted by atomic mass is 9.75. The molecule has 162 valence electrons. The average Bonchev–Trinajstić information content (AvgIpc) is 3.18. The fourth-order valence-electron chi connectivity index (χ4n) is 4.71. The van der Waals surface area contributed by atoms with Gasteiger partial charge in [0.05, 0.1) is 24.1 Å². The van der Waals surface area contributed by atoms with Gasteiger partial charge in [-0.25, -0.2) is 0 Å². The van der Waals surface area contributed by atoms with Crippen molar-refractivity contribution in [2.24, 2.45) is 18.4 Å². The minimum atomic E-state index is -0.498. The second-order valence-electron chi connectivity index (χ2n) is 8.71. The van der Waals surface area contributed by atoms with Crippen molar-refractivity contribution < 1.29 is 14.3 Å². The molecule has 2 fully saturated rings. The molecule has 1 aromatic rings. The zero-order chi connectivity index (χ0) is 21.0. The van der Waals surface area contributed by atoms with E-state index in [4.69, 9.17) is 4.74 Å². The largest absolute Gasteiger partial charge is 0.466 e. The van der Waals surface area contributed by atoms with E-state index in [0.717, 1.165) is 44.7 Å². The van der Waals surface area contributed by atoms with Crippen LogP contribution in [0, 0.1) is 11.3 Å². The Morgan fingerprint density at radius 1 is 1.34 bits per heavy atom. The van der Waals surface area contributed by atoms with Gasteiger partial charge < -0.3 is 19.4 Å². The molecule has 0 spiro atoms. The Hall–Kier alpha value is -1.93. The first-order chi connectivity index (χ1) is 13.8. The topological polar surface area (TPSA) is 70.9 Å². The van der Waals surface area contributed by atoms with Crippen LogP contribution >= 0.6 is 0 Å². The van der Waals surface area contributed by atoms with E-state index in [-0.39, 0.29) is 17.8 Å². The van der Waals surface area contributed by atoms with Gasteiger partial charge in [0.25, 0.3) is 0 Å². The first kappa shape index (κ1) is 21.8. The van der Waals surface area contributed by atoms with Crippen LogP contribution in [0.1, 0.15) is 25.5 Å². The molecule has 29 heavy (non-hydrogen) atoms. The van der Waals surface area contributed by atoms with E-state index < -0.39 is 5.41 Å². The maximum Gasteiger partial charge on any atom is 0.313 e. The lowest BCUT2D eigenvalue weighted by Crippen LogP contribution is -2.44. The van der Waals surface area contributed by atoms with Gasteiger partial charge in [-0.1, -0.05) is 0 Å². The number of nitrogens with zero attached hydrogens (tertiary/aromatic N) is 5. The predicted octanol–water partition coefficient (Wildman–Crippen LogP) is 0.628. The first-order valence-electron chi connectivity index (χ1n) is 10.6. The number of carbonyl (C=O) groups is 2. The minimum absolute atomic E-state index is 0.0867. The number of aromatic nitrogens is 2. The predicted molar refractivity (Wildman–Crippen MR) is 110 cm³/mol. The van der Waals surface area contributed by atoms with Crippen molar-refractivity contribution in [1.29, 1.82) is 0 Å². The molecule has 0 radical (unpaired) electrons. The zero-order valence-electron chi connectivity index (χ0n) is 18.3. The monoisotopic (exact) mass is 405 g/mol. The summed E-state index contributed by atoms with van der Waals surface area (Å²) in [6.45, 7) is 7.01. The van der Waals surface area contributed by atoms with E-state index in [9.17, 15) is 9.59 Å². The van der Waals surface area contributed by atoms with Gasteiger partial charge in [0.1, 0.15) is 0 Å². The number of hydrogen-bond donors (Lipinski definition) is 0. The van der Waals surface area contributed by atoms with Crippen molar-refractivity contribution in [2.45, 2.75) is 26.2 Å². The number of carbonyl (C=O) groups excluding carboxylic acids is 2. The van der Waals surface area contributed by atoms with E-state index in [1.165, 1.54) is 0 Å². The summed E-state index contributed by atoms with van der Waals surface area (Å²) in [7, 11) is 5.98. The fourth-order valence-corrected chi connectivity index (χ4v) is 4.71. The summed E-state index contributed by atoms with van der Waals surface area (Å²) in [6.07, 6.45) is 3.77. The number of hydrogen-bond acceptors (Lipinski definition) is 6. The highest BCUT2D eigenvalue weighted by atomic mass is 16.5. The van der Waals surface area contributed by atoms with E-state index in [1.807, 2.05) is 31.1 Å². The summed E-state index contributed by atoms with van der Waals surface area (Å²) in [5.74, 6) is 0.116. The average molecular weight is 406 g/mol. The molecule has 1 aromatic heterocycles. The Labute approximate surface area is 173 Å². The molecule has 2 atom stereocenters. The van der Waals surface area contributed by atoms with E-state index in [1.54, 1.807) is 4.68 Å². The van der Waals surface area contributed by atoms with Crippen molar-refractivity contribution in [3.05, 3.63) is 18.0 Å². The number of amides is 1. The van der Waals surface area contributed by atoms with Gasteiger partial charge >= 0.3 is 5.97 Å². The Morgan fingerprint density at radius 2 is 2.14 bits per heavy atom. The maximum absolute atomic E-state index is 13.0. The van der Waals surface area contributed by atoms with Crippen LogP contribution in [-0.4, -0.2) is 96.3 Å². The number of likely N-dealkylation sites (tertiary alicyclic amines) is 2. The Morgan fingerprint density at radius 3 is 2.79 bits per heavy atom. The Kier molecular flexibility index (Phi) is 6.95. The lowest BCUT2D eigenvalue weighted by molar-refractivity contribution is -0.157. The quantitative estimate of drug-likeness (QED) is 0.620. The van der Waals surface area contributed by atoms with E-state index in [0.29, 0.717) is 26.1 Å². The molecule has 2 aliphatic heterocycles. The number of rotatable bonds is 7. The van der Waals surface area contributed by atoms with Crippen LogP contribution in [0.4, 0.5) is 0 Å². The smallest absolute Gasteiger partial charge is 0.313 e. The van der Waals surface area contributed by atoms with Crippen molar-refractivity contribution in [1.82, 2.24) is 24.5 Å². The summed E-state index contributed by atoms with van der Waals surface area (Å²) in [6, 6.07) is 1.89. The van der Waals surface area contributed by atoms with Crippen molar-refractivity contribution in [3.8, 4) is 0 Å². The highest BCUT2D eigenvalue weighted by molar-refractivity contribution is 5.80. The van der Waals surface area contributed by atoms with E-state index in [2.05, 4.69) is 29.0 Å². The Balaban J connectivity index is 1.73. The molecule has 3 rings (SSSR count). The molecule has 2 saturated heterocycles. The van der Waals surface area contributed by atoms with Crippen molar-refractivity contribution in [3.63, 3.8) is 0 Å². The number of aryl methyl sites for hydroxylation is 1. The molecule has 3 heterocycles. The second kappa shape index (κ2) is 9.26. The molecule has 0 bridgehead atoms. The highest BCUT2D eigenvalue weighted by Gasteiger charge is 2.54. The normalized spacial score (nSPS) is 25.1. The molecule has 0 saturated carbocycles. The van der Waals surface area contributed by atoms with Crippen LogP contribution in [0.25, 0.3) is 0 Å². The standard InChI is InChI=1S/C21H35N5O3/c1-5-29-20(28)21-8-6-9-26(19(27)13-18-7-10-24(4)22-18)15-17(21)14-25(16-21)12-11-23(2)3/h7,10,17H,5-6,8-9,11-16H2,1-4H3/t17-,21+/m1/s1. The third-order valence-corrected chi connectivity index (χ3v) is 6.26. The van der Waals surface area contributed by atoms with Crippen LogP contribution in [0.15, 0.2) is 12.3 Å². The highest BCUT2D eigenvalue weighted by Crippen LogP contribution is 2.43. The Bertz CT molecular complexity index is 719. The number of esters is 1. The van der Waals surface area contributed by atoms with Crippen LogP contribution in [0.3, 0.4) is 0 Å². The van der Waals surface area contributed by atoms with Crippen LogP contribution in [0.2, 0.25) is 0 Å². The van der Waals surface area contributed by atoms with Gasteiger partial charge in [-0.2, -0.15) is 5.10 Å². The fraction of sp³-hybridized carbons (Fsp3) is 0.762. The SMILES string of the molecule is CCOC(=O)[C@]12CCCN(C(=O)Cc3ccn(C)n3)C[C@H]1CN(CCN(C)C)C2. The molecule has 8 heteroatoms. The first-order valence-corrected chi connectivity index (χ1v) is 10.6. The van der Waals surface area contributed by atoms with Crippen molar-refractivity contribution >= 4 is 11.9 Å². The molecule has 0 aromatic carbocycles. The molecule has 0 aliphatic carbocycles. The molecule has 0 unspecified atom stereocenters. The van der Waals surface area contributed by atoms with Crippen LogP contribution in [0.5, 0.6) is 0 Å². The molecular formula is C21H35N5O3. The zero-order valence-corrected chi connectivity index (χ0v) is 18.3. The summed E-state index contributed by atoms with van der Waals surface area (Å²) >= 11 is 0. The summed E-state index contributed by atoms with van der Waals surface area (Å²) in [5.41, 5.74) is 0.292. The molecule has 0 N–H and O–H groups in total. The van der Waals surface area contributed by atoms with Gasteiger partial charge in [0, 0.05) is 58.4 Å². The van der Waals surface area contributed by atoms with E-state index >= 15 is 0 Å². The maximum atomic E-state index is 13.0. The number of fused-ring (bicyclic) bond motifs is 1. The molecule has 2 aliphatic rings. The van der Waals surface area contributed by atoms with Gasteiger partial charge in [0.2, 0.25) is 5.91 Å². The molecular weight excluding hydrogens is 370 g/mol. The van der Waals surface area contributed by atoms with Crippen LogP contribution in [-0.2, 0) is 27.8 Å². The number of likely N-dealkylation sites (N-methyl/N-ethyl adjacent to an activating group) is 1. The third kappa shape index (κ3) is 4.98. The summed E-state index contributed by atoms with van der Waals surface area (Å²) < 4.78 is 7.24. The third-order valence-electron chi connectivity index (χ3n) is 6.26. The molecule has 8 nitrogen and oxygen atoms in total. The van der Waals surface area contributed by atoms with Gasteiger partial charge in [-0.15, -0.1) is 0 Å². The summed E-state index contributed by atoms with van der Waals surface area (Å²) in [4.78, 5) is 32.5. The lowest BCUT2D eigenvalue weighted by Gasteiger charge is -2.31.